The van der Waals surface area contributed by atoms with E-state index < -0.39 is 34.8 Å². The molecule has 0 spiro atoms. The molecule has 0 aliphatic carbocycles. The number of nitro groups is 1. The fourth-order valence-electron chi connectivity index (χ4n) is 2.80. The van der Waals surface area contributed by atoms with Crippen LogP contribution < -0.4 is 15.5 Å². The Morgan fingerprint density at radius 3 is 2.68 bits per heavy atom. The van der Waals surface area contributed by atoms with Crippen LogP contribution in [0.1, 0.15) is 22.8 Å². The number of hydrogen-bond acceptors (Lipinski definition) is 8. The van der Waals surface area contributed by atoms with E-state index in [9.17, 15) is 24.5 Å². The minimum absolute atomic E-state index is 0.124. The molecule has 11 heteroatoms. The van der Waals surface area contributed by atoms with E-state index in [-0.39, 0.29) is 30.2 Å². The second kappa shape index (κ2) is 9.67. The maximum Gasteiger partial charge on any atom is 0.331 e. The van der Waals surface area contributed by atoms with Crippen molar-refractivity contribution < 1.29 is 33.8 Å². The molecule has 1 aliphatic rings. The average molecular weight is 429 g/mol. The minimum Gasteiger partial charge on any atom is -0.459 e. The summed E-state index contributed by atoms with van der Waals surface area (Å²) in [7, 11) is 0. The second-order valence-corrected chi connectivity index (χ2v) is 6.46. The summed E-state index contributed by atoms with van der Waals surface area (Å²) >= 11 is 0. The highest BCUT2D eigenvalue weighted by Gasteiger charge is 2.46. The Hall–Kier alpha value is -3.99. The summed E-state index contributed by atoms with van der Waals surface area (Å²) in [5.74, 6) is -1.80. The molecule has 1 fully saturated rings. The van der Waals surface area contributed by atoms with Crippen LogP contribution in [0.15, 0.2) is 48.5 Å². The molecule has 162 valence electrons. The number of esters is 1. The molecule has 11 nitrogen and oxygen atoms in total. The van der Waals surface area contributed by atoms with Gasteiger partial charge in [-0.05, 0) is 24.6 Å². The summed E-state index contributed by atoms with van der Waals surface area (Å²) in [4.78, 5) is 57.0. The van der Waals surface area contributed by atoms with Gasteiger partial charge in [0.2, 0.25) is 5.91 Å². The van der Waals surface area contributed by atoms with Gasteiger partial charge in [-0.15, -0.1) is 0 Å². The number of carbonyl (C=O) groups excluding carboxylic acids is 3. The number of hydrogen-bond donors (Lipinski definition) is 2. The van der Waals surface area contributed by atoms with Gasteiger partial charge in [-0.25, -0.2) is 4.79 Å². The molecule has 3 rings (SSSR count). The van der Waals surface area contributed by atoms with E-state index in [0.29, 0.717) is 5.56 Å². The summed E-state index contributed by atoms with van der Waals surface area (Å²) in [5, 5.41) is 15.7. The lowest BCUT2D eigenvalue weighted by atomic mass is 9.98. The number of non-ortho nitro benzene ring substituents is 1. The molecule has 1 heterocycles. The van der Waals surface area contributed by atoms with Crippen molar-refractivity contribution in [3.05, 3.63) is 69.8 Å². The van der Waals surface area contributed by atoms with Gasteiger partial charge in [0.1, 0.15) is 12.6 Å². The van der Waals surface area contributed by atoms with Crippen molar-refractivity contribution in [1.29, 1.82) is 0 Å². The summed E-state index contributed by atoms with van der Waals surface area (Å²) in [6.07, 6.45) is 0. The van der Waals surface area contributed by atoms with Crippen molar-refractivity contribution in [2.24, 2.45) is 0 Å². The van der Waals surface area contributed by atoms with Gasteiger partial charge in [-0.2, -0.15) is 4.89 Å². The number of rotatable bonds is 9. The first-order valence-electron chi connectivity index (χ1n) is 9.30. The van der Waals surface area contributed by atoms with Gasteiger partial charge in [0.15, 0.2) is 11.8 Å². The van der Waals surface area contributed by atoms with E-state index >= 15 is 0 Å². The topological polar surface area (TPSA) is 146 Å². The highest BCUT2D eigenvalue weighted by atomic mass is 17.2. The Balaban J connectivity index is 1.61. The number of nitro benzene ring substituents is 1. The molecule has 2 amide bonds. The highest BCUT2D eigenvalue weighted by molar-refractivity contribution is 6.05. The monoisotopic (exact) mass is 429 g/mol. The molecule has 1 aliphatic heterocycles. The molecule has 2 aromatic carbocycles. The van der Waals surface area contributed by atoms with Crippen LogP contribution in [0.5, 0.6) is 5.75 Å². The fraction of sp³-hybridized carbons (Fsp3) is 0.250. The van der Waals surface area contributed by atoms with Crippen LogP contribution in [0.25, 0.3) is 0 Å². The number of nitrogens with one attached hydrogen (secondary N) is 2. The van der Waals surface area contributed by atoms with Crippen LogP contribution in [-0.2, 0) is 25.8 Å². The number of amides is 2. The van der Waals surface area contributed by atoms with Crippen molar-refractivity contribution in [3.8, 4) is 5.75 Å². The van der Waals surface area contributed by atoms with Crippen LogP contribution in [0, 0.1) is 10.1 Å². The molecule has 0 unspecified atom stereocenters. The Bertz CT molecular complexity index is 1010. The summed E-state index contributed by atoms with van der Waals surface area (Å²) < 4.78 is 5.14. The van der Waals surface area contributed by atoms with Crippen LogP contribution in [-0.4, -0.2) is 41.4 Å². The minimum atomic E-state index is -1.13. The van der Waals surface area contributed by atoms with E-state index in [1.54, 1.807) is 25.1 Å². The first kappa shape index (κ1) is 21.7. The largest absolute Gasteiger partial charge is 0.459 e. The lowest BCUT2D eigenvalue weighted by Gasteiger charge is -2.35. The zero-order valence-corrected chi connectivity index (χ0v) is 16.4. The van der Waals surface area contributed by atoms with E-state index in [4.69, 9.17) is 14.5 Å². The third-order valence-corrected chi connectivity index (χ3v) is 4.35. The van der Waals surface area contributed by atoms with Crippen LogP contribution in [0.3, 0.4) is 0 Å². The molecule has 0 bridgehead atoms. The van der Waals surface area contributed by atoms with E-state index in [1.165, 1.54) is 30.3 Å². The number of nitrogens with zero attached hydrogens (tertiary/aromatic N) is 1. The quantitative estimate of drug-likeness (QED) is 0.199. The molecule has 31 heavy (non-hydrogen) atoms. The van der Waals surface area contributed by atoms with Gasteiger partial charge in [-0.1, -0.05) is 24.3 Å². The first-order valence-corrected chi connectivity index (χ1v) is 9.30. The fourth-order valence-corrected chi connectivity index (χ4v) is 2.80. The van der Waals surface area contributed by atoms with Crippen LogP contribution >= 0.6 is 0 Å². The number of benzene rings is 2. The average Bonchev–Trinajstić information content (AvgIpc) is 2.78. The normalized spacial score (nSPS) is 17.1. The molecule has 0 saturated carbocycles. The lowest BCUT2D eigenvalue weighted by Crippen LogP contribution is -2.72. The zero-order valence-electron chi connectivity index (χ0n) is 16.4. The SMILES string of the molecule is CCOOc1ccccc1C(=O)N[C@H]1C(=O)N[C@H]1C(=O)OCc1cccc([N+](=O)[O-])c1. The molecular weight excluding hydrogens is 410 g/mol. The van der Waals surface area contributed by atoms with E-state index in [1.807, 2.05) is 0 Å². The molecule has 0 aromatic heterocycles. The Kier molecular flexibility index (Phi) is 6.78. The third-order valence-electron chi connectivity index (χ3n) is 4.35. The van der Waals surface area contributed by atoms with E-state index in [0.717, 1.165) is 0 Å². The maximum atomic E-state index is 12.6. The predicted octanol–water partition coefficient (Wildman–Crippen LogP) is 1.27. The third kappa shape index (κ3) is 5.14. The lowest BCUT2D eigenvalue weighted by molar-refractivity contribution is -0.384. The summed E-state index contributed by atoms with van der Waals surface area (Å²) in [6, 6.07) is 9.67. The maximum absolute atomic E-state index is 12.6. The van der Waals surface area contributed by atoms with Crippen molar-refractivity contribution >= 4 is 23.5 Å². The standard InChI is InChI=1S/C20H19N3O8/c1-2-30-31-15-9-4-3-8-14(15)18(24)21-16-17(22-19(16)25)20(26)29-11-12-6-5-7-13(10-12)23(27)28/h3-10,16-17H,2,11H2,1H3,(H,21,24)(H,22,25)/t16-,17-/m1/s1. The zero-order chi connectivity index (χ0) is 22.4. The number of ether oxygens (including phenoxy) is 1. The van der Waals surface area contributed by atoms with Gasteiger partial charge in [-0.3, -0.25) is 19.7 Å². The number of carbonyl (C=O) groups is 3. The van der Waals surface area contributed by atoms with E-state index in [2.05, 4.69) is 10.6 Å². The summed E-state index contributed by atoms with van der Waals surface area (Å²) in [6.45, 7) is 1.75. The summed E-state index contributed by atoms with van der Waals surface area (Å²) in [5.41, 5.74) is 0.402. The molecule has 0 radical (unpaired) electrons. The van der Waals surface area contributed by atoms with Crippen molar-refractivity contribution in [1.82, 2.24) is 10.6 Å². The Labute approximate surface area is 176 Å². The number of β-lactam (4-membered cyclic amide) rings is 1. The number of para-hydroxylation sites is 1. The van der Waals surface area contributed by atoms with Gasteiger partial charge in [0, 0.05) is 12.1 Å². The molecule has 2 aromatic rings. The van der Waals surface area contributed by atoms with Gasteiger partial charge in [0.05, 0.1) is 17.1 Å². The van der Waals surface area contributed by atoms with Crippen LogP contribution in [0.4, 0.5) is 5.69 Å². The first-order chi connectivity index (χ1) is 14.9. The Morgan fingerprint density at radius 2 is 1.97 bits per heavy atom. The van der Waals surface area contributed by atoms with Crippen LogP contribution in [0.2, 0.25) is 0 Å². The second-order valence-electron chi connectivity index (χ2n) is 6.46. The van der Waals surface area contributed by atoms with Crippen molar-refractivity contribution in [2.45, 2.75) is 25.6 Å². The molecule has 2 N–H and O–H groups in total. The van der Waals surface area contributed by atoms with Crippen molar-refractivity contribution in [2.75, 3.05) is 6.61 Å². The molecular formula is C20H19N3O8. The molecule has 1 saturated heterocycles. The Morgan fingerprint density at radius 1 is 1.19 bits per heavy atom. The predicted molar refractivity (Wildman–Crippen MR) is 105 cm³/mol. The molecule has 2 atom stereocenters. The van der Waals surface area contributed by atoms with Gasteiger partial charge >= 0.3 is 5.97 Å². The van der Waals surface area contributed by atoms with Gasteiger partial charge < -0.3 is 20.3 Å². The van der Waals surface area contributed by atoms with Gasteiger partial charge in [0.25, 0.3) is 11.6 Å². The highest BCUT2D eigenvalue weighted by Crippen LogP contribution is 2.20. The smallest absolute Gasteiger partial charge is 0.331 e. The van der Waals surface area contributed by atoms with Crippen molar-refractivity contribution in [3.63, 3.8) is 0 Å².